The van der Waals surface area contributed by atoms with E-state index in [4.69, 9.17) is 4.42 Å². The largest absolute Gasteiger partial charge is 0.448 e. The SMILES string of the molecule is CC1CCN(S(=O)(=O)c2ccc(NC(=O)Cn3cnc4c(oc5ccccc54)c3=O)cc2)CC1. The summed E-state index contributed by atoms with van der Waals surface area (Å²) in [5.41, 5.74) is 1.09. The predicted molar refractivity (Wildman–Crippen MR) is 128 cm³/mol. The molecule has 3 heterocycles. The molecule has 176 valence electrons. The van der Waals surface area contributed by atoms with Crippen LogP contribution < -0.4 is 10.9 Å². The molecule has 34 heavy (non-hydrogen) atoms. The second-order valence-corrected chi connectivity index (χ2v) is 10.6. The van der Waals surface area contributed by atoms with Crippen LogP contribution in [0.15, 0.2) is 69.0 Å². The number of hydrogen-bond acceptors (Lipinski definition) is 6. The van der Waals surface area contributed by atoms with Crippen LogP contribution in [-0.2, 0) is 21.4 Å². The maximum Gasteiger partial charge on any atom is 0.297 e. The number of sulfonamides is 1. The van der Waals surface area contributed by atoms with Gasteiger partial charge in [-0.05, 0) is 55.2 Å². The molecule has 0 aliphatic carbocycles. The summed E-state index contributed by atoms with van der Waals surface area (Å²) in [5, 5.41) is 3.43. The van der Waals surface area contributed by atoms with Crippen LogP contribution in [0.4, 0.5) is 5.69 Å². The number of rotatable bonds is 5. The topological polar surface area (TPSA) is 115 Å². The summed E-state index contributed by atoms with van der Waals surface area (Å²) in [5.74, 6) is 0.0827. The Morgan fingerprint density at radius 1 is 1.12 bits per heavy atom. The molecule has 5 rings (SSSR count). The molecule has 1 amide bonds. The summed E-state index contributed by atoms with van der Waals surface area (Å²) in [7, 11) is -3.56. The minimum absolute atomic E-state index is 0.0955. The van der Waals surface area contributed by atoms with Gasteiger partial charge in [-0.3, -0.25) is 14.2 Å². The molecule has 10 heteroatoms. The molecule has 0 saturated carbocycles. The second-order valence-electron chi connectivity index (χ2n) is 8.61. The zero-order valence-electron chi connectivity index (χ0n) is 18.6. The predicted octanol–water partition coefficient (Wildman–Crippen LogP) is 3.20. The van der Waals surface area contributed by atoms with E-state index in [-0.39, 0.29) is 17.0 Å². The highest BCUT2D eigenvalue weighted by Crippen LogP contribution is 2.25. The molecule has 0 spiro atoms. The molecule has 1 aliphatic heterocycles. The number of amides is 1. The Kier molecular flexibility index (Phi) is 5.70. The van der Waals surface area contributed by atoms with Gasteiger partial charge in [0, 0.05) is 24.2 Å². The van der Waals surface area contributed by atoms with E-state index in [0.717, 1.165) is 18.2 Å². The zero-order valence-corrected chi connectivity index (χ0v) is 19.4. The third-order valence-corrected chi connectivity index (χ3v) is 8.10. The maximum atomic E-state index is 12.9. The van der Waals surface area contributed by atoms with E-state index >= 15 is 0 Å². The van der Waals surface area contributed by atoms with Crippen molar-refractivity contribution in [3.63, 3.8) is 0 Å². The van der Waals surface area contributed by atoms with Crippen LogP contribution in [0.5, 0.6) is 0 Å². The molecule has 9 nitrogen and oxygen atoms in total. The van der Waals surface area contributed by atoms with Crippen LogP contribution in [0.25, 0.3) is 22.1 Å². The number of anilines is 1. The van der Waals surface area contributed by atoms with Gasteiger partial charge >= 0.3 is 0 Å². The molecule has 4 aromatic rings. The van der Waals surface area contributed by atoms with Crippen molar-refractivity contribution >= 4 is 43.7 Å². The van der Waals surface area contributed by atoms with Crippen LogP contribution in [0.2, 0.25) is 0 Å². The Bertz CT molecular complexity index is 1530. The third-order valence-electron chi connectivity index (χ3n) is 6.18. The van der Waals surface area contributed by atoms with Crippen LogP contribution >= 0.6 is 0 Å². The fraction of sp³-hybridized carbons (Fsp3) is 0.292. The van der Waals surface area contributed by atoms with Gasteiger partial charge in [0.1, 0.15) is 17.6 Å². The quantitative estimate of drug-likeness (QED) is 0.469. The lowest BCUT2D eigenvalue weighted by Gasteiger charge is -2.29. The molecule has 1 fully saturated rings. The highest BCUT2D eigenvalue weighted by Gasteiger charge is 2.28. The number of benzene rings is 2. The van der Waals surface area contributed by atoms with Gasteiger partial charge in [-0.2, -0.15) is 4.31 Å². The first kappa shape index (κ1) is 22.3. The number of hydrogen-bond donors (Lipinski definition) is 1. The van der Waals surface area contributed by atoms with Crippen molar-refractivity contribution in [1.29, 1.82) is 0 Å². The summed E-state index contributed by atoms with van der Waals surface area (Å²) in [6.07, 6.45) is 3.02. The van der Waals surface area contributed by atoms with Crippen molar-refractivity contribution in [3.8, 4) is 0 Å². The Labute approximate surface area is 196 Å². The number of piperidine rings is 1. The fourth-order valence-electron chi connectivity index (χ4n) is 4.17. The van der Waals surface area contributed by atoms with Gasteiger partial charge < -0.3 is 9.73 Å². The van der Waals surface area contributed by atoms with Crippen molar-refractivity contribution in [2.45, 2.75) is 31.2 Å². The van der Waals surface area contributed by atoms with Crippen molar-refractivity contribution < 1.29 is 17.6 Å². The summed E-state index contributed by atoms with van der Waals surface area (Å²) in [4.78, 5) is 29.8. The molecule has 1 aliphatic rings. The molecule has 0 unspecified atom stereocenters. The average Bonchev–Trinajstić information content (AvgIpc) is 3.21. The third kappa shape index (κ3) is 4.10. The number of para-hydroxylation sites is 1. The lowest BCUT2D eigenvalue weighted by molar-refractivity contribution is -0.116. The molecule has 2 aromatic carbocycles. The van der Waals surface area contributed by atoms with E-state index in [1.165, 1.54) is 27.3 Å². The van der Waals surface area contributed by atoms with Gasteiger partial charge in [0.05, 0.1) is 11.2 Å². The number of nitrogens with one attached hydrogen (secondary N) is 1. The van der Waals surface area contributed by atoms with E-state index in [1.807, 2.05) is 12.1 Å². The van der Waals surface area contributed by atoms with Crippen LogP contribution in [0.1, 0.15) is 19.8 Å². The lowest BCUT2D eigenvalue weighted by atomic mass is 10.0. The molecule has 1 N–H and O–H groups in total. The first-order valence-corrected chi connectivity index (χ1v) is 12.5. The van der Waals surface area contributed by atoms with E-state index in [0.29, 0.717) is 35.8 Å². The summed E-state index contributed by atoms with van der Waals surface area (Å²) in [6.45, 7) is 2.89. The number of fused-ring (bicyclic) bond motifs is 3. The first-order chi connectivity index (χ1) is 16.3. The minimum atomic E-state index is -3.56. The molecule has 0 radical (unpaired) electrons. The van der Waals surface area contributed by atoms with E-state index in [9.17, 15) is 18.0 Å². The van der Waals surface area contributed by atoms with Gasteiger partial charge in [0.15, 0.2) is 0 Å². The van der Waals surface area contributed by atoms with Crippen LogP contribution in [0, 0.1) is 5.92 Å². The normalized spacial score (nSPS) is 15.7. The van der Waals surface area contributed by atoms with Gasteiger partial charge in [0.2, 0.25) is 21.5 Å². The van der Waals surface area contributed by atoms with Crippen molar-refractivity contribution in [2.24, 2.45) is 5.92 Å². The Morgan fingerprint density at radius 3 is 2.56 bits per heavy atom. The lowest BCUT2D eigenvalue weighted by Crippen LogP contribution is -2.37. The highest BCUT2D eigenvalue weighted by atomic mass is 32.2. The van der Waals surface area contributed by atoms with Crippen molar-refractivity contribution in [2.75, 3.05) is 18.4 Å². The number of furan rings is 1. The standard InChI is InChI=1S/C24H24N4O5S/c1-16-10-12-28(13-11-16)34(31,32)18-8-6-17(7-9-18)26-21(29)14-27-15-25-22-19-4-2-3-5-20(19)33-23(22)24(27)30/h2-9,15-16H,10-14H2,1H3,(H,26,29). The van der Waals surface area contributed by atoms with E-state index in [2.05, 4.69) is 17.2 Å². The van der Waals surface area contributed by atoms with Gasteiger partial charge in [-0.1, -0.05) is 19.1 Å². The monoisotopic (exact) mass is 480 g/mol. The fourth-order valence-corrected chi connectivity index (χ4v) is 5.64. The van der Waals surface area contributed by atoms with Crippen molar-refractivity contribution in [1.82, 2.24) is 13.9 Å². The zero-order chi connectivity index (χ0) is 23.9. The number of carbonyl (C=O) groups excluding carboxylic acids is 1. The Balaban J connectivity index is 1.29. The van der Waals surface area contributed by atoms with Crippen molar-refractivity contribution in [3.05, 3.63) is 65.2 Å². The molecule has 1 saturated heterocycles. The van der Waals surface area contributed by atoms with Crippen LogP contribution in [-0.4, -0.2) is 41.3 Å². The first-order valence-electron chi connectivity index (χ1n) is 11.1. The number of nitrogens with zero attached hydrogens (tertiary/aromatic N) is 3. The maximum absolute atomic E-state index is 12.9. The average molecular weight is 481 g/mol. The molecule has 0 atom stereocenters. The molecule has 0 bridgehead atoms. The summed E-state index contributed by atoms with van der Waals surface area (Å²) in [6, 6.07) is 13.3. The smallest absolute Gasteiger partial charge is 0.297 e. The molecular formula is C24H24N4O5S. The van der Waals surface area contributed by atoms with Gasteiger partial charge in [-0.15, -0.1) is 0 Å². The second kappa shape index (κ2) is 8.69. The summed E-state index contributed by atoms with van der Waals surface area (Å²) >= 11 is 0. The molecular weight excluding hydrogens is 456 g/mol. The summed E-state index contributed by atoms with van der Waals surface area (Å²) < 4.78 is 34.0. The highest BCUT2D eigenvalue weighted by molar-refractivity contribution is 7.89. The Hall–Kier alpha value is -3.50. The van der Waals surface area contributed by atoms with Crippen LogP contribution in [0.3, 0.4) is 0 Å². The number of carbonyl (C=O) groups is 1. The van der Waals surface area contributed by atoms with Gasteiger partial charge in [-0.25, -0.2) is 13.4 Å². The van der Waals surface area contributed by atoms with E-state index in [1.54, 1.807) is 24.3 Å². The molecule has 2 aromatic heterocycles. The van der Waals surface area contributed by atoms with E-state index < -0.39 is 21.5 Å². The number of aromatic nitrogens is 2. The minimum Gasteiger partial charge on any atom is -0.448 e. The van der Waals surface area contributed by atoms with Gasteiger partial charge in [0.25, 0.3) is 5.56 Å². The Morgan fingerprint density at radius 2 is 1.82 bits per heavy atom.